The van der Waals surface area contributed by atoms with Gasteiger partial charge in [0, 0.05) is 19.8 Å². The van der Waals surface area contributed by atoms with E-state index in [1.54, 1.807) is 64.8 Å². The highest BCUT2D eigenvalue weighted by Crippen LogP contribution is 2.45. The molecular weight excluding hydrogens is 1530 g/mol. The molecule has 12 aromatic carbocycles. The van der Waals surface area contributed by atoms with Gasteiger partial charge in [0.05, 0.1) is 67.0 Å². The quantitative estimate of drug-likeness (QED) is 0.0281. The number of alkyl halides is 1. The topological polar surface area (TPSA) is 156 Å². The maximum atomic E-state index is 11.9. The number of rotatable bonds is 28. The molecular formula is C89H83Br3O14. The standard InChI is InChI=1S/C44H39BrO7.C28H26O4.C16H14Br2O3.CH4/c1-47-38-19-15-36(16-20-38)44(35-12-5-4-6-13-35,37-17-21-39(48-2)22-18-37)52-29-32-10-8-14-40(26-32)51-30-34-27-41(23-24-42(34)45)50-28-31-9-7-11-33(25-31)43(46)49-3;1-30-26-15-11-23(12-16-26)28(22-8-4-3-5-9-22,24-13-17-27(31-2)18-14-24)32-20-21-7-6-10-25(29)19-21;1-20-16(19)12-4-2-3-11(7-12)10-21-14-5-6-15(18)13(8-14)9-17;/h4-27H,28-30H2,1-3H3;3-19,29H,20H2,1-2H3;2-8H,9-10H2,1H3;1H4. The lowest BCUT2D eigenvalue weighted by molar-refractivity contribution is 0.0000437. The average molecular weight is 1620 g/mol. The third kappa shape index (κ3) is 20.6. The van der Waals surface area contributed by atoms with Crippen LogP contribution in [0.1, 0.15) is 94.9 Å². The number of carbonyl (C=O) groups excluding carboxylic acids is 2. The lowest BCUT2D eigenvalue weighted by atomic mass is 9.80. The fourth-order valence-electron chi connectivity index (χ4n) is 11.7. The van der Waals surface area contributed by atoms with Gasteiger partial charge in [0.15, 0.2) is 0 Å². The number of carbonyl (C=O) groups is 2. The summed E-state index contributed by atoms with van der Waals surface area (Å²) < 4.78 is 65.2. The molecule has 0 atom stereocenters. The summed E-state index contributed by atoms with van der Waals surface area (Å²) in [5.74, 6) is 4.74. The molecule has 0 heterocycles. The highest BCUT2D eigenvalue weighted by molar-refractivity contribution is 9.11. The van der Waals surface area contributed by atoms with Crippen molar-refractivity contribution in [2.75, 3.05) is 42.7 Å². The Hall–Kier alpha value is -10.7. The van der Waals surface area contributed by atoms with Crippen LogP contribution in [0.25, 0.3) is 0 Å². The Labute approximate surface area is 645 Å². The van der Waals surface area contributed by atoms with Crippen molar-refractivity contribution >= 4 is 59.7 Å². The van der Waals surface area contributed by atoms with E-state index >= 15 is 0 Å². The molecule has 0 fully saturated rings. The minimum absolute atomic E-state index is 0. The van der Waals surface area contributed by atoms with Crippen LogP contribution >= 0.6 is 47.8 Å². The van der Waals surface area contributed by atoms with Crippen LogP contribution in [0, 0.1) is 0 Å². The first-order chi connectivity index (χ1) is 51.2. The summed E-state index contributed by atoms with van der Waals surface area (Å²) in [6.07, 6.45) is 0. The second kappa shape index (κ2) is 39.5. The van der Waals surface area contributed by atoms with E-state index in [0.717, 1.165) is 110 Å². The molecule has 0 unspecified atom stereocenters. The lowest BCUT2D eigenvalue weighted by Crippen LogP contribution is -2.32. The van der Waals surface area contributed by atoms with E-state index in [1.165, 1.54) is 14.2 Å². The van der Waals surface area contributed by atoms with Gasteiger partial charge in [-0.3, -0.25) is 0 Å². The van der Waals surface area contributed by atoms with Crippen LogP contribution in [0.2, 0.25) is 0 Å². The van der Waals surface area contributed by atoms with Crippen molar-refractivity contribution in [3.8, 4) is 46.0 Å². The van der Waals surface area contributed by atoms with Gasteiger partial charge in [0.2, 0.25) is 0 Å². The third-order valence-corrected chi connectivity index (χ3v) is 19.3. The SMILES string of the molecule is C.COC(=O)c1cccc(COc2ccc(Br)c(CBr)c2)c1.COC(=O)c1cccc(COc2ccc(Br)c(COc3cccc(COC(c4ccccc4)(c4ccc(OC)cc4)c4ccc(OC)cc4)c3)c2)c1.COc1ccc(C(OCc2cccc(O)c2)(c2ccccc2)c2ccc(OC)cc2)cc1. The average Bonchev–Trinajstić information content (AvgIpc) is 0.758. The summed E-state index contributed by atoms with van der Waals surface area (Å²) in [7, 11) is 9.37. The Bertz CT molecular complexity index is 4660. The first-order valence-electron chi connectivity index (χ1n) is 33.4. The van der Waals surface area contributed by atoms with Crippen molar-refractivity contribution in [1.29, 1.82) is 0 Å². The van der Waals surface area contributed by atoms with Gasteiger partial charge in [-0.1, -0.05) is 213 Å². The summed E-state index contributed by atoms with van der Waals surface area (Å²) in [5.41, 5.74) is 10.7. The number of methoxy groups -OCH3 is 6. The smallest absolute Gasteiger partial charge is 0.337 e. The molecule has 0 saturated heterocycles. The van der Waals surface area contributed by atoms with Gasteiger partial charge in [0.25, 0.3) is 0 Å². The van der Waals surface area contributed by atoms with Gasteiger partial charge in [-0.15, -0.1) is 0 Å². The molecule has 0 spiro atoms. The summed E-state index contributed by atoms with van der Waals surface area (Å²) >= 11 is 10.6. The molecule has 0 bridgehead atoms. The predicted octanol–water partition coefficient (Wildman–Crippen LogP) is 21.2. The maximum absolute atomic E-state index is 11.9. The zero-order valence-corrected chi connectivity index (χ0v) is 63.6. The zero-order chi connectivity index (χ0) is 74.0. The number of hydrogen-bond acceptors (Lipinski definition) is 14. The molecule has 14 nitrogen and oxygen atoms in total. The van der Waals surface area contributed by atoms with Crippen LogP contribution in [0.15, 0.2) is 300 Å². The maximum Gasteiger partial charge on any atom is 0.337 e. The molecule has 0 aliphatic carbocycles. The van der Waals surface area contributed by atoms with Gasteiger partial charge >= 0.3 is 11.9 Å². The summed E-state index contributed by atoms with van der Waals surface area (Å²) in [6, 6.07) is 93.3. The van der Waals surface area contributed by atoms with Crippen LogP contribution in [0.3, 0.4) is 0 Å². The van der Waals surface area contributed by atoms with Crippen LogP contribution in [-0.4, -0.2) is 59.7 Å². The van der Waals surface area contributed by atoms with Crippen molar-refractivity contribution in [1.82, 2.24) is 0 Å². The number of hydrogen-bond donors (Lipinski definition) is 1. The van der Waals surface area contributed by atoms with E-state index < -0.39 is 11.2 Å². The molecule has 0 saturated carbocycles. The minimum atomic E-state index is -0.942. The highest BCUT2D eigenvalue weighted by atomic mass is 79.9. The minimum Gasteiger partial charge on any atom is -0.508 e. The predicted molar refractivity (Wildman–Crippen MR) is 425 cm³/mol. The molecule has 12 aromatic rings. The molecule has 0 radical (unpaired) electrons. The van der Waals surface area contributed by atoms with Gasteiger partial charge in [-0.05, 0) is 195 Å². The van der Waals surface area contributed by atoms with Gasteiger partial charge in [-0.25, -0.2) is 9.59 Å². The van der Waals surface area contributed by atoms with E-state index in [4.69, 9.17) is 52.1 Å². The van der Waals surface area contributed by atoms with E-state index in [9.17, 15) is 14.7 Å². The summed E-state index contributed by atoms with van der Waals surface area (Å²) in [6.45, 7) is 1.61. The highest BCUT2D eigenvalue weighted by Gasteiger charge is 2.39. The Balaban J connectivity index is 0.000000204. The van der Waals surface area contributed by atoms with Crippen LogP contribution in [0.4, 0.5) is 0 Å². The number of ether oxygens (including phenoxy) is 11. The molecule has 12 rings (SSSR count). The van der Waals surface area contributed by atoms with E-state index in [1.807, 2.05) is 231 Å². The van der Waals surface area contributed by atoms with Crippen molar-refractivity contribution in [2.24, 2.45) is 0 Å². The van der Waals surface area contributed by atoms with E-state index in [-0.39, 0.29) is 25.1 Å². The van der Waals surface area contributed by atoms with Gasteiger partial charge in [-0.2, -0.15) is 0 Å². The summed E-state index contributed by atoms with van der Waals surface area (Å²) in [4.78, 5) is 23.4. The molecule has 106 heavy (non-hydrogen) atoms. The van der Waals surface area contributed by atoms with Gasteiger partial charge < -0.3 is 57.2 Å². The van der Waals surface area contributed by atoms with E-state index in [0.29, 0.717) is 55.7 Å². The van der Waals surface area contributed by atoms with Crippen molar-refractivity contribution in [3.63, 3.8) is 0 Å². The van der Waals surface area contributed by atoms with Crippen LogP contribution in [-0.2, 0) is 68.5 Å². The Kier molecular flexibility index (Phi) is 29.6. The van der Waals surface area contributed by atoms with Crippen molar-refractivity contribution in [2.45, 2.75) is 57.0 Å². The van der Waals surface area contributed by atoms with Crippen molar-refractivity contribution in [3.05, 3.63) is 378 Å². The molecule has 0 aromatic heterocycles. The Morgan fingerprint density at radius 1 is 0.321 bits per heavy atom. The number of benzene rings is 12. The Morgan fingerprint density at radius 2 is 0.642 bits per heavy atom. The monoisotopic (exact) mass is 1610 g/mol. The first kappa shape index (κ1) is 79.5. The van der Waals surface area contributed by atoms with Crippen molar-refractivity contribution < 1.29 is 66.8 Å². The number of aromatic hydroxyl groups is 1. The van der Waals surface area contributed by atoms with E-state index in [2.05, 4.69) is 72.1 Å². The zero-order valence-electron chi connectivity index (χ0n) is 58.8. The molecule has 0 amide bonds. The first-order valence-corrected chi connectivity index (χ1v) is 36.1. The molecule has 544 valence electrons. The van der Waals surface area contributed by atoms with Crippen LogP contribution in [0.5, 0.6) is 46.0 Å². The number of phenolic OH excluding ortho intramolecular Hbond substituents is 1. The Morgan fingerprint density at radius 3 is 1.02 bits per heavy atom. The molecule has 17 heteroatoms. The fourth-order valence-corrected chi connectivity index (χ4v) is 13.3. The number of phenols is 1. The second-order valence-electron chi connectivity index (χ2n) is 23.8. The summed E-state index contributed by atoms with van der Waals surface area (Å²) in [5, 5.41) is 10.7. The molecule has 0 aliphatic heterocycles. The number of halogens is 3. The molecule has 0 aliphatic rings. The molecule has 1 N–H and O–H groups in total. The fraction of sp³-hybridized carbons (Fsp3) is 0.169. The number of esters is 2. The third-order valence-electron chi connectivity index (χ3n) is 17.1. The largest absolute Gasteiger partial charge is 0.508 e. The van der Waals surface area contributed by atoms with Gasteiger partial charge in [0.1, 0.15) is 77.0 Å². The lowest BCUT2D eigenvalue weighted by Gasteiger charge is -2.36. The normalized spacial score (nSPS) is 10.8. The second-order valence-corrected chi connectivity index (χ2v) is 26.1. The van der Waals surface area contributed by atoms with Crippen LogP contribution < -0.4 is 33.2 Å².